The van der Waals surface area contributed by atoms with Crippen LogP contribution in [-0.2, 0) is 20.7 Å². The Morgan fingerprint density at radius 2 is 1.61 bits per heavy atom. The number of esters is 1. The van der Waals surface area contributed by atoms with Crippen LogP contribution in [0.1, 0.15) is 22.3 Å². The summed E-state index contributed by atoms with van der Waals surface area (Å²) in [6.45, 7) is 4.18. The minimum absolute atomic E-state index is 0.184. The number of ether oxygens (including phenoxy) is 2. The number of methoxy groups -OCH3 is 2. The zero-order valence-electron chi connectivity index (χ0n) is 19.0. The van der Waals surface area contributed by atoms with E-state index in [2.05, 4.69) is 21.9 Å². The second-order valence-corrected chi connectivity index (χ2v) is 8.30. The lowest BCUT2D eigenvalue weighted by Gasteiger charge is -2.37. The molecule has 2 aromatic rings. The van der Waals surface area contributed by atoms with Gasteiger partial charge in [0, 0.05) is 32.7 Å². The van der Waals surface area contributed by atoms with Crippen molar-refractivity contribution in [2.45, 2.75) is 18.9 Å². The highest BCUT2D eigenvalue weighted by atomic mass is 16.5. The molecule has 2 fully saturated rings. The molecule has 2 aliphatic rings. The van der Waals surface area contributed by atoms with E-state index in [-0.39, 0.29) is 18.2 Å². The standard InChI is InChI=1S/C25H29N3O5/c1-32-21-9-3-18(4-10-21)11-12-26-13-15-27(16-14-26)22-17-23(29)28(24(22)30)20-7-5-19(6-8-20)25(31)33-2/h3-10,22H,11-17H2,1-2H3/t22-/m0/s1. The maximum absolute atomic E-state index is 13.1. The molecule has 2 heterocycles. The fourth-order valence-electron chi connectivity index (χ4n) is 4.41. The van der Waals surface area contributed by atoms with Crippen LogP contribution >= 0.6 is 0 Å². The molecule has 0 spiro atoms. The highest BCUT2D eigenvalue weighted by Crippen LogP contribution is 2.27. The monoisotopic (exact) mass is 451 g/mol. The van der Waals surface area contributed by atoms with Crippen molar-refractivity contribution >= 4 is 23.5 Å². The first-order valence-corrected chi connectivity index (χ1v) is 11.1. The van der Waals surface area contributed by atoms with Crippen molar-refractivity contribution in [3.8, 4) is 5.75 Å². The third-order valence-electron chi connectivity index (χ3n) is 6.39. The Balaban J connectivity index is 1.30. The average molecular weight is 452 g/mol. The predicted molar refractivity (Wildman–Crippen MR) is 123 cm³/mol. The smallest absolute Gasteiger partial charge is 0.337 e. The molecule has 0 bridgehead atoms. The molecule has 0 N–H and O–H groups in total. The number of rotatable bonds is 7. The normalized spacial score (nSPS) is 19.7. The van der Waals surface area contributed by atoms with Crippen LogP contribution < -0.4 is 9.64 Å². The Morgan fingerprint density at radius 1 is 0.939 bits per heavy atom. The van der Waals surface area contributed by atoms with E-state index in [1.165, 1.54) is 17.6 Å². The molecule has 2 amide bonds. The fourth-order valence-corrected chi connectivity index (χ4v) is 4.41. The molecule has 8 heteroatoms. The fraction of sp³-hybridized carbons (Fsp3) is 0.400. The summed E-state index contributed by atoms with van der Waals surface area (Å²) in [5.41, 5.74) is 2.13. The summed E-state index contributed by atoms with van der Waals surface area (Å²) in [6.07, 6.45) is 1.14. The van der Waals surface area contributed by atoms with Crippen molar-refractivity contribution in [2.24, 2.45) is 0 Å². The molecule has 2 aromatic carbocycles. The SMILES string of the molecule is COC(=O)c1ccc(N2C(=O)C[C@H](N3CCN(CCc4ccc(OC)cc4)CC3)C2=O)cc1. The number of amides is 2. The van der Waals surface area contributed by atoms with Crippen LogP contribution in [0.15, 0.2) is 48.5 Å². The summed E-state index contributed by atoms with van der Waals surface area (Å²) in [7, 11) is 2.98. The molecule has 0 saturated carbocycles. The zero-order valence-corrected chi connectivity index (χ0v) is 19.0. The van der Waals surface area contributed by atoms with Gasteiger partial charge in [0.1, 0.15) is 5.75 Å². The molecule has 0 aromatic heterocycles. The zero-order chi connectivity index (χ0) is 23.4. The van der Waals surface area contributed by atoms with Crippen molar-refractivity contribution in [3.63, 3.8) is 0 Å². The van der Waals surface area contributed by atoms with Gasteiger partial charge in [-0.05, 0) is 48.4 Å². The van der Waals surface area contributed by atoms with Crippen molar-refractivity contribution in [1.29, 1.82) is 0 Å². The van der Waals surface area contributed by atoms with Crippen LogP contribution in [0.5, 0.6) is 5.75 Å². The van der Waals surface area contributed by atoms with Crippen LogP contribution in [0.3, 0.4) is 0 Å². The van der Waals surface area contributed by atoms with E-state index in [0.717, 1.165) is 44.9 Å². The van der Waals surface area contributed by atoms with Gasteiger partial charge in [-0.2, -0.15) is 0 Å². The third-order valence-corrected chi connectivity index (χ3v) is 6.39. The first-order valence-electron chi connectivity index (χ1n) is 11.1. The van der Waals surface area contributed by atoms with Crippen LogP contribution in [-0.4, -0.2) is 80.6 Å². The third kappa shape index (κ3) is 5.07. The van der Waals surface area contributed by atoms with Crippen LogP contribution in [0.4, 0.5) is 5.69 Å². The Hall–Kier alpha value is -3.23. The van der Waals surface area contributed by atoms with Crippen molar-refractivity contribution in [1.82, 2.24) is 9.80 Å². The molecule has 174 valence electrons. The van der Waals surface area contributed by atoms with Gasteiger partial charge in [-0.3, -0.25) is 14.5 Å². The lowest BCUT2D eigenvalue weighted by atomic mass is 10.1. The molecule has 2 aliphatic heterocycles. The second-order valence-electron chi connectivity index (χ2n) is 8.30. The molecule has 0 aliphatic carbocycles. The summed E-state index contributed by atoms with van der Waals surface area (Å²) < 4.78 is 9.90. The number of nitrogens with zero attached hydrogens (tertiary/aromatic N) is 3. The lowest BCUT2D eigenvalue weighted by molar-refractivity contribution is -0.123. The number of carbonyl (C=O) groups is 3. The van der Waals surface area contributed by atoms with E-state index < -0.39 is 12.0 Å². The Labute approximate surface area is 193 Å². The van der Waals surface area contributed by atoms with Crippen LogP contribution in [0.2, 0.25) is 0 Å². The van der Waals surface area contributed by atoms with Gasteiger partial charge in [0.15, 0.2) is 0 Å². The minimum Gasteiger partial charge on any atom is -0.497 e. The quantitative estimate of drug-likeness (QED) is 0.470. The van der Waals surface area contributed by atoms with Gasteiger partial charge < -0.3 is 14.4 Å². The number of hydrogen-bond donors (Lipinski definition) is 0. The number of imide groups is 1. The summed E-state index contributed by atoms with van der Waals surface area (Å²) in [4.78, 5) is 43.1. The van der Waals surface area contributed by atoms with Gasteiger partial charge >= 0.3 is 5.97 Å². The summed E-state index contributed by atoms with van der Waals surface area (Å²) in [5.74, 6) is -0.00443. The van der Waals surface area contributed by atoms with E-state index in [0.29, 0.717) is 11.3 Å². The molecule has 4 rings (SSSR count). The maximum atomic E-state index is 13.1. The Morgan fingerprint density at radius 3 is 2.21 bits per heavy atom. The number of piperazine rings is 1. The largest absolute Gasteiger partial charge is 0.497 e. The number of benzene rings is 2. The van der Waals surface area contributed by atoms with E-state index in [1.807, 2.05) is 12.1 Å². The van der Waals surface area contributed by atoms with Gasteiger partial charge in [0.2, 0.25) is 5.91 Å². The highest BCUT2D eigenvalue weighted by molar-refractivity contribution is 6.22. The molecule has 33 heavy (non-hydrogen) atoms. The molecular formula is C25H29N3O5. The van der Waals surface area contributed by atoms with Crippen LogP contribution in [0.25, 0.3) is 0 Å². The second kappa shape index (κ2) is 10.1. The Bertz CT molecular complexity index is 998. The highest BCUT2D eigenvalue weighted by Gasteiger charge is 2.43. The lowest BCUT2D eigenvalue weighted by Crippen LogP contribution is -2.52. The number of anilines is 1. The number of hydrogen-bond acceptors (Lipinski definition) is 7. The van der Waals surface area contributed by atoms with Crippen molar-refractivity contribution in [2.75, 3.05) is 51.8 Å². The number of carbonyl (C=O) groups excluding carboxylic acids is 3. The molecule has 2 saturated heterocycles. The first kappa shape index (κ1) is 22.9. The Kier molecular flexibility index (Phi) is 7.05. The van der Waals surface area contributed by atoms with Crippen LogP contribution in [0, 0.1) is 0 Å². The van der Waals surface area contributed by atoms with Gasteiger partial charge in [0.05, 0.1) is 37.9 Å². The maximum Gasteiger partial charge on any atom is 0.337 e. The summed E-state index contributed by atoms with van der Waals surface area (Å²) in [6, 6.07) is 14.1. The van der Waals surface area contributed by atoms with Gasteiger partial charge in [-0.15, -0.1) is 0 Å². The molecule has 1 atom stereocenters. The summed E-state index contributed by atoms with van der Waals surface area (Å²) in [5, 5.41) is 0. The van der Waals surface area contributed by atoms with E-state index >= 15 is 0 Å². The minimum atomic E-state index is -0.455. The van der Waals surface area contributed by atoms with Gasteiger partial charge in [0.25, 0.3) is 5.91 Å². The van der Waals surface area contributed by atoms with E-state index in [9.17, 15) is 14.4 Å². The first-order chi connectivity index (χ1) is 16.0. The molecular weight excluding hydrogens is 422 g/mol. The molecule has 0 radical (unpaired) electrons. The van der Waals surface area contributed by atoms with E-state index in [4.69, 9.17) is 9.47 Å². The van der Waals surface area contributed by atoms with Crippen molar-refractivity contribution in [3.05, 3.63) is 59.7 Å². The molecule has 8 nitrogen and oxygen atoms in total. The molecule has 0 unspecified atom stereocenters. The topological polar surface area (TPSA) is 79.4 Å². The van der Waals surface area contributed by atoms with Gasteiger partial charge in [-0.25, -0.2) is 9.69 Å². The van der Waals surface area contributed by atoms with Gasteiger partial charge in [-0.1, -0.05) is 12.1 Å². The average Bonchev–Trinajstić information content (AvgIpc) is 3.16. The summed E-state index contributed by atoms with van der Waals surface area (Å²) >= 11 is 0. The van der Waals surface area contributed by atoms with Crippen molar-refractivity contribution < 1.29 is 23.9 Å². The van der Waals surface area contributed by atoms with E-state index in [1.54, 1.807) is 31.4 Å². The predicted octanol–water partition coefficient (Wildman–Crippen LogP) is 1.97.